The van der Waals surface area contributed by atoms with E-state index in [0.717, 1.165) is 31.7 Å². The Balaban J connectivity index is 2.32. The van der Waals surface area contributed by atoms with E-state index >= 15 is 0 Å². The maximum absolute atomic E-state index is 5.53. The number of nitrogens with zero attached hydrogens (tertiary/aromatic N) is 1. The smallest absolute Gasteiger partial charge is 0.142 e. The monoisotopic (exact) mass is 262 g/mol. The molecule has 106 valence electrons. The van der Waals surface area contributed by atoms with Gasteiger partial charge in [-0.1, -0.05) is 26.0 Å². The second-order valence-electron chi connectivity index (χ2n) is 5.66. The number of piperazine rings is 1. The third kappa shape index (κ3) is 2.86. The highest BCUT2D eigenvalue weighted by molar-refractivity contribution is 5.59. The van der Waals surface area contributed by atoms with E-state index in [2.05, 4.69) is 43.1 Å². The largest absolute Gasteiger partial charge is 0.495 e. The first-order valence-corrected chi connectivity index (χ1v) is 7.28. The van der Waals surface area contributed by atoms with E-state index < -0.39 is 0 Å². The SMILES string of the molecule is CCC1CNC(C)(CC)CN1c1ccccc1OC. The van der Waals surface area contributed by atoms with Gasteiger partial charge in [0.25, 0.3) is 0 Å². The Kier molecular flexibility index (Phi) is 4.35. The number of anilines is 1. The van der Waals surface area contributed by atoms with E-state index in [9.17, 15) is 0 Å². The molecule has 1 fully saturated rings. The predicted octanol–water partition coefficient (Wildman–Crippen LogP) is 3.05. The maximum atomic E-state index is 5.53. The summed E-state index contributed by atoms with van der Waals surface area (Å²) in [6, 6.07) is 8.88. The van der Waals surface area contributed by atoms with E-state index in [1.54, 1.807) is 7.11 Å². The van der Waals surface area contributed by atoms with Crippen molar-refractivity contribution in [3.63, 3.8) is 0 Å². The van der Waals surface area contributed by atoms with Crippen molar-refractivity contribution in [3.8, 4) is 5.75 Å². The van der Waals surface area contributed by atoms with Crippen LogP contribution in [0.25, 0.3) is 0 Å². The minimum absolute atomic E-state index is 0.187. The molecule has 1 heterocycles. The number of para-hydroxylation sites is 2. The first-order valence-electron chi connectivity index (χ1n) is 7.28. The van der Waals surface area contributed by atoms with Crippen LogP contribution >= 0.6 is 0 Å². The van der Waals surface area contributed by atoms with Gasteiger partial charge < -0.3 is 15.0 Å². The van der Waals surface area contributed by atoms with E-state index in [0.29, 0.717) is 6.04 Å². The molecular formula is C16H26N2O. The Morgan fingerprint density at radius 3 is 2.74 bits per heavy atom. The van der Waals surface area contributed by atoms with Gasteiger partial charge in [0.15, 0.2) is 0 Å². The minimum atomic E-state index is 0.187. The van der Waals surface area contributed by atoms with Gasteiger partial charge >= 0.3 is 0 Å². The zero-order valence-electron chi connectivity index (χ0n) is 12.6. The van der Waals surface area contributed by atoms with Gasteiger partial charge in [0.05, 0.1) is 12.8 Å². The number of rotatable bonds is 4. The van der Waals surface area contributed by atoms with Crippen molar-refractivity contribution in [2.45, 2.75) is 45.2 Å². The summed E-state index contributed by atoms with van der Waals surface area (Å²) in [5, 5.41) is 3.70. The van der Waals surface area contributed by atoms with E-state index in [4.69, 9.17) is 4.74 Å². The van der Waals surface area contributed by atoms with Crippen molar-refractivity contribution in [2.24, 2.45) is 0 Å². The Morgan fingerprint density at radius 2 is 2.11 bits per heavy atom. The fraction of sp³-hybridized carbons (Fsp3) is 0.625. The van der Waals surface area contributed by atoms with E-state index in [1.165, 1.54) is 5.69 Å². The van der Waals surface area contributed by atoms with Crippen LogP contribution in [-0.2, 0) is 0 Å². The summed E-state index contributed by atoms with van der Waals surface area (Å²) < 4.78 is 5.53. The molecule has 0 saturated carbocycles. The zero-order chi connectivity index (χ0) is 13.9. The number of nitrogens with one attached hydrogen (secondary N) is 1. The molecule has 1 aliphatic heterocycles. The van der Waals surface area contributed by atoms with Crippen LogP contribution in [0.4, 0.5) is 5.69 Å². The molecule has 2 atom stereocenters. The van der Waals surface area contributed by atoms with Crippen LogP contribution in [0.1, 0.15) is 33.6 Å². The molecule has 0 bridgehead atoms. The summed E-state index contributed by atoms with van der Waals surface area (Å²) >= 11 is 0. The number of methoxy groups -OCH3 is 1. The minimum Gasteiger partial charge on any atom is -0.495 e. The average Bonchev–Trinajstić information content (AvgIpc) is 2.47. The molecule has 0 amide bonds. The quantitative estimate of drug-likeness (QED) is 0.902. The Labute approximate surface area is 116 Å². The summed E-state index contributed by atoms with van der Waals surface area (Å²) in [6.07, 6.45) is 2.28. The van der Waals surface area contributed by atoms with Crippen molar-refractivity contribution in [2.75, 3.05) is 25.1 Å². The van der Waals surface area contributed by atoms with Crippen LogP contribution in [0.15, 0.2) is 24.3 Å². The summed E-state index contributed by atoms with van der Waals surface area (Å²) in [5.74, 6) is 0.973. The molecule has 1 N–H and O–H groups in total. The summed E-state index contributed by atoms with van der Waals surface area (Å²) in [5.41, 5.74) is 1.41. The maximum Gasteiger partial charge on any atom is 0.142 e. The lowest BCUT2D eigenvalue weighted by molar-refractivity contribution is 0.274. The Hall–Kier alpha value is -1.22. The molecule has 2 unspecified atom stereocenters. The lowest BCUT2D eigenvalue weighted by Crippen LogP contribution is -2.62. The molecule has 0 radical (unpaired) electrons. The summed E-state index contributed by atoms with van der Waals surface area (Å²) in [7, 11) is 1.75. The van der Waals surface area contributed by atoms with Crippen LogP contribution in [0.3, 0.4) is 0 Å². The molecule has 3 heteroatoms. The highest BCUT2D eigenvalue weighted by atomic mass is 16.5. The number of ether oxygens (including phenoxy) is 1. The van der Waals surface area contributed by atoms with Gasteiger partial charge in [0.1, 0.15) is 5.75 Å². The van der Waals surface area contributed by atoms with Gasteiger partial charge in [-0.25, -0.2) is 0 Å². The van der Waals surface area contributed by atoms with Crippen LogP contribution in [0, 0.1) is 0 Å². The van der Waals surface area contributed by atoms with Crippen LogP contribution in [0.5, 0.6) is 5.75 Å². The van der Waals surface area contributed by atoms with Crippen LogP contribution in [0.2, 0.25) is 0 Å². The number of benzene rings is 1. The van der Waals surface area contributed by atoms with Crippen LogP contribution in [-0.4, -0.2) is 31.8 Å². The first-order chi connectivity index (χ1) is 9.13. The molecular weight excluding hydrogens is 236 g/mol. The molecule has 0 aliphatic carbocycles. The molecule has 1 aliphatic rings. The van der Waals surface area contributed by atoms with Crippen molar-refractivity contribution in [1.82, 2.24) is 5.32 Å². The van der Waals surface area contributed by atoms with Crippen molar-refractivity contribution in [3.05, 3.63) is 24.3 Å². The highest BCUT2D eigenvalue weighted by Crippen LogP contribution is 2.33. The van der Waals surface area contributed by atoms with E-state index in [1.807, 2.05) is 12.1 Å². The van der Waals surface area contributed by atoms with Gasteiger partial charge in [-0.3, -0.25) is 0 Å². The zero-order valence-corrected chi connectivity index (χ0v) is 12.6. The standard InChI is InChI=1S/C16H26N2O/c1-5-13-11-17-16(3,6-2)12-18(13)14-9-7-8-10-15(14)19-4/h7-10,13,17H,5-6,11-12H2,1-4H3. The average molecular weight is 262 g/mol. The topological polar surface area (TPSA) is 24.5 Å². The molecule has 0 aromatic heterocycles. The number of hydrogen-bond acceptors (Lipinski definition) is 3. The van der Waals surface area contributed by atoms with Crippen molar-refractivity contribution >= 4 is 5.69 Å². The Bertz CT molecular complexity index is 421. The highest BCUT2D eigenvalue weighted by Gasteiger charge is 2.34. The fourth-order valence-electron chi connectivity index (χ4n) is 2.79. The van der Waals surface area contributed by atoms with Crippen molar-refractivity contribution in [1.29, 1.82) is 0 Å². The summed E-state index contributed by atoms with van der Waals surface area (Å²) in [6.45, 7) is 8.88. The summed E-state index contributed by atoms with van der Waals surface area (Å²) in [4.78, 5) is 2.51. The fourth-order valence-corrected chi connectivity index (χ4v) is 2.79. The Morgan fingerprint density at radius 1 is 1.37 bits per heavy atom. The molecule has 2 rings (SSSR count). The predicted molar refractivity (Wildman–Crippen MR) is 81.1 cm³/mol. The lowest BCUT2D eigenvalue weighted by Gasteiger charge is -2.47. The normalized spacial score (nSPS) is 27.4. The molecule has 1 saturated heterocycles. The second kappa shape index (κ2) is 5.83. The number of hydrogen-bond donors (Lipinski definition) is 1. The molecule has 3 nitrogen and oxygen atoms in total. The van der Waals surface area contributed by atoms with Crippen LogP contribution < -0.4 is 15.0 Å². The van der Waals surface area contributed by atoms with Gasteiger partial charge in [-0.05, 0) is 31.9 Å². The first kappa shape index (κ1) is 14.2. The molecule has 1 aromatic rings. The third-order valence-corrected chi connectivity index (χ3v) is 4.37. The molecule has 19 heavy (non-hydrogen) atoms. The van der Waals surface area contributed by atoms with E-state index in [-0.39, 0.29) is 5.54 Å². The lowest BCUT2D eigenvalue weighted by atomic mass is 9.92. The van der Waals surface area contributed by atoms with Gasteiger partial charge in [0, 0.05) is 24.7 Å². The van der Waals surface area contributed by atoms with Gasteiger partial charge in [-0.15, -0.1) is 0 Å². The van der Waals surface area contributed by atoms with Crippen molar-refractivity contribution < 1.29 is 4.74 Å². The molecule has 0 spiro atoms. The third-order valence-electron chi connectivity index (χ3n) is 4.37. The molecule has 1 aromatic carbocycles. The van der Waals surface area contributed by atoms with Gasteiger partial charge in [-0.2, -0.15) is 0 Å². The second-order valence-corrected chi connectivity index (χ2v) is 5.66. The van der Waals surface area contributed by atoms with Gasteiger partial charge in [0.2, 0.25) is 0 Å².